The Morgan fingerprint density at radius 3 is 2.80 bits per heavy atom. The summed E-state index contributed by atoms with van der Waals surface area (Å²) in [5.41, 5.74) is 0. The van der Waals surface area contributed by atoms with Gasteiger partial charge in [0.15, 0.2) is 0 Å². The molecule has 0 aromatic rings. The molecule has 3 atom stereocenters. The van der Waals surface area contributed by atoms with Crippen LogP contribution in [0.3, 0.4) is 0 Å². The quantitative estimate of drug-likeness (QED) is 0.660. The van der Waals surface area contributed by atoms with E-state index < -0.39 is 0 Å². The van der Waals surface area contributed by atoms with Crippen LogP contribution in [0.5, 0.6) is 0 Å². The molecule has 2 nitrogen and oxygen atoms in total. The predicted molar refractivity (Wildman–Crippen MR) is 62.9 cm³/mol. The summed E-state index contributed by atoms with van der Waals surface area (Å²) in [6, 6.07) is 0. The second-order valence-electron chi connectivity index (χ2n) is 5.03. The van der Waals surface area contributed by atoms with Crippen LogP contribution in [0.1, 0.15) is 52.4 Å². The molecule has 0 saturated carbocycles. The Bertz CT molecular complexity index is 153. The maximum atomic E-state index is 10.00. The molecule has 1 aliphatic rings. The molecule has 2 heteroatoms. The first-order chi connectivity index (χ1) is 7.24. The van der Waals surface area contributed by atoms with Crippen molar-refractivity contribution < 1.29 is 9.84 Å². The lowest BCUT2D eigenvalue weighted by molar-refractivity contribution is 0.0714. The molecule has 1 heterocycles. The van der Waals surface area contributed by atoms with Crippen molar-refractivity contribution in [2.75, 3.05) is 13.2 Å². The van der Waals surface area contributed by atoms with Crippen molar-refractivity contribution in [1.82, 2.24) is 0 Å². The average molecular weight is 214 g/mol. The molecule has 0 aromatic heterocycles. The molecular weight excluding hydrogens is 188 g/mol. The van der Waals surface area contributed by atoms with Crippen LogP contribution in [0.2, 0.25) is 0 Å². The van der Waals surface area contributed by atoms with Gasteiger partial charge in [-0.1, -0.05) is 39.5 Å². The van der Waals surface area contributed by atoms with Crippen LogP contribution in [0.4, 0.5) is 0 Å². The van der Waals surface area contributed by atoms with Crippen LogP contribution in [0, 0.1) is 11.8 Å². The summed E-state index contributed by atoms with van der Waals surface area (Å²) >= 11 is 0. The van der Waals surface area contributed by atoms with Crippen molar-refractivity contribution in [1.29, 1.82) is 0 Å². The van der Waals surface area contributed by atoms with E-state index in [4.69, 9.17) is 4.74 Å². The normalized spacial score (nSPS) is 25.4. The van der Waals surface area contributed by atoms with Gasteiger partial charge < -0.3 is 9.84 Å². The van der Waals surface area contributed by atoms with E-state index in [9.17, 15) is 5.11 Å². The third-order valence-electron chi connectivity index (χ3n) is 3.45. The Labute approximate surface area is 94.0 Å². The second-order valence-corrected chi connectivity index (χ2v) is 5.03. The highest BCUT2D eigenvalue weighted by Crippen LogP contribution is 2.23. The van der Waals surface area contributed by atoms with E-state index in [-0.39, 0.29) is 6.10 Å². The van der Waals surface area contributed by atoms with Gasteiger partial charge in [0, 0.05) is 12.5 Å². The molecule has 1 saturated heterocycles. The van der Waals surface area contributed by atoms with Gasteiger partial charge in [0.2, 0.25) is 0 Å². The topological polar surface area (TPSA) is 29.5 Å². The Kier molecular flexibility index (Phi) is 6.26. The predicted octanol–water partition coefficient (Wildman–Crippen LogP) is 2.99. The molecule has 1 N–H and O–H groups in total. The molecule has 90 valence electrons. The summed E-state index contributed by atoms with van der Waals surface area (Å²) in [5, 5.41) is 10.00. The van der Waals surface area contributed by atoms with Crippen LogP contribution in [0.25, 0.3) is 0 Å². The Morgan fingerprint density at radius 2 is 2.20 bits per heavy atom. The molecule has 1 fully saturated rings. The first kappa shape index (κ1) is 13.0. The minimum absolute atomic E-state index is 0.135. The Hall–Kier alpha value is -0.0800. The minimum atomic E-state index is -0.135. The molecule has 15 heavy (non-hydrogen) atoms. The lowest BCUT2D eigenvalue weighted by atomic mass is 9.90. The largest absolute Gasteiger partial charge is 0.393 e. The average Bonchev–Trinajstić information content (AvgIpc) is 2.70. The standard InChI is InChI=1S/C13H26O2/c1-3-4-5-6-11(2)9-13(14)12-7-8-15-10-12/h11-14H,3-10H2,1-2H3. The fourth-order valence-corrected chi connectivity index (χ4v) is 2.32. The van der Waals surface area contributed by atoms with Gasteiger partial charge in [0.25, 0.3) is 0 Å². The molecular formula is C13H26O2. The van der Waals surface area contributed by atoms with Gasteiger partial charge in [-0.3, -0.25) is 0 Å². The smallest absolute Gasteiger partial charge is 0.0593 e. The first-order valence-electron chi connectivity index (χ1n) is 6.49. The van der Waals surface area contributed by atoms with Gasteiger partial charge in [0.1, 0.15) is 0 Å². The lowest BCUT2D eigenvalue weighted by Gasteiger charge is -2.20. The van der Waals surface area contributed by atoms with Crippen LogP contribution < -0.4 is 0 Å². The highest BCUT2D eigenvalue weighted by atomic mass is 16.5. The highest BCUT2D eigenvalue weighted by molar-refractivity contribution is 4.74. The van der Waals surface area contributed by atoms with Crippen molar-refractivity contribution in [3.8, 4) is 0 Å². The van der Waals surface area contributed by atoms with Gasteiger partial charge in [-0.15, -0.1) is 0 Å². The van der Waals surface area contributed by atoms with E-state index in [1.807, 2.05) is 0 Å². The van der Waals surface area contributed by atoms with E-state index in [1.165, 1.54) is 25.7 Å². The Morgan fingerprint density at radius 1 is 1.40 bits per heavy atom. The lowest BCUT2D eigenvalue weighted by Crippen LogP contribution is -2.23. The number of aliphatic hydroxyl groups is 1. The maximum Gasteiger partial charge on any atom is 0.0593 e. The summed E-state index contributed by atoms with van der Waals surface area (Å²) in [4.78, 5) is 0. The second kappa shape index (κ2) is 7.24. The molecule has 0 radical (unpaired) electrons. The van der Waals surface area contributed by atoms with Crippen molar-refractivity contribution >= 4 is 0 Å². The molecule has 0 amide bonds. The van der Waals surface area contributed by atoms with Gasteiger partial charge >= 0.3 is 0 Å². The zero-order valence-electron chi connectivity index (χ0n) is 10.2. The summed E-state index contributed by atoms with van der Waals surface area (Å²) < 4.78 is 5.30. The highest BCUT2D eigenvalue weighted by Gasteiger charge is 2.24. The zero-order chi connectivity index (χ0) is 11.1. The van der Waals surface area contributed by atoms with Crippen molar-refractivity contribution in [2.24, 2.45) is 11.8 Å². The third-order valence-corrected chi connectivity index (χ3v) is 3.45. The summed E-state index contributed by atoms with van der Waals surface area (Å²) in [6.45, 7) is 6.10. The minimum Gasteiger partial charge on any atom is -0.393 e. The van der Waals surface area contributed by atoms with Crippen LogP contribution in [-0.4, -0.2) is 24.4 Å². The molecule has 0 bridgehead atoms. The van der Waals surface area contributed by atoms with E-state index in [0.29, 0.717) is 11.8 Å². The Balaban J connectivity index is 2.10. The number of ether oxygens (including phenoxy) is 1. The van der Waals surface area contributed by atoms with Gasteiger partial charge in [-0.05, 0) is 18.8 Å². The third kappa shape index (κ3) is 4.98. The van der Waals surface area contributed by atoms with Crippen molar-refractivity contribution in [2.45, 2.75) is 58.5 Å². The van der Waals surface area contributed by atoms with Gasteiger partial charge in [-0.2, -0.15) is 0 Å². The van der Waals surface area contributed by atoms with E-state index in [1.54, 1.807) is 0 Å². The van der Waals surface area contributed by atoms with E-state index in [0.717, 1.165) is 26.1 Å². The molecule has 0 spiro atoms. The van der Waals surface area contributed by atoms with Crippen LogP contribution in [0.15, 0.2) is 0 Å². The van der Waals surface area contributed by atoms with E-state index in [2.05, 4.69) is 13.8 Å². The molecule has 0 aliphatic carbocycles. The van der Waals surface area contributed by atoms with Gasteiger partial charge in [0.05, 0.1) is 12.7 Å². The number of aliphatic hydroxyl groups excluding tert-OH is 1. The summed E-state index contributed by atoms with van der Waals surface area (Å²) in [5.74, 6) is 1.06. The molecule has 1 aliphatic heterocycles. The number of hydrogen-bond acceptors (Lipinski definition) is 2. The molecule has 1 rings (SSSR count). The van der Waals surface area contributed by atoms with Gasteiger partial charge in [-0.25, -0.2) is 0 Å². The number of rotatable bonds is 7. The summed E-state index contributed by atoms with van der Waals surface area (Å²) in [7, 11) is 0. The fraction of sp³-hybridized carbons (Fsp3) is 1.00. The SMILES string of the molecule is CCCCCC(C)CC(O)C1CCOC1. The maximum absolute atomic E-state index is 10.00. The zero-order valence-corrected chi connectivity index (χ0v) is 10.2. The monoisotopic (exact) mass is 214 g/mol. The number of unbranched alkanes of at least 4 members (excludes halogenated alkanes) is 2. The van der Waals surface area contributed by atoms with Crippen LogP contribution >= 0.6 is 0 Å². The van der Waals surface area contributed by atoms with Crippen molar-refractivity contribution in [3.05, 3.63) is 0 Å². The molecule has 3 unspecified atom stereocenters. The first-order valence-corrected chi connectivity index (χ1v) is 6.49. The van der Waals surface area contributed by atoms with Crippen molar-refractivity contribution in [3.63, 3.8) is 0 Å². The fourth-order valence-electron chi connectivity index (χ4n) is 2.32. The number of hydrogen-bond donors (Lipinski definition) is 1. The summed E-state index contributed by atoms with van der Waals surface area (Å²) in [6.07, 6.45) is 7.05. The van der Waals surface area contributed by atoms with E-state index >= 15 is 0 Å². The molecule has 0 aromatic carbocycles. The van der Waals surface area contributed by atoms with Crippen LogP contribution in [-0.2, 0) is 4.74 Å².